The Hall–Kier alpha value is -3.88. The van der Waals surface area contributed by atoms with E-state index in [2.05, 4.69) is 15.3 Å². The summed E-state index contributed by atoms with van der Waals surface area (Å²) in [5.41, 5.74) is 1.18. The first-order valence-electron chi connectivity index (χ1n) is 9.79. The number of hydrogen-bond donors (Lipinski definition) is 4. The van der Waals surface area contributed by atoms with Crippen LogP contribution in [0.25, 0.3) is 16.6 Å². The summed E-state index contributed by atoms with van der Waals surface area (Å²) in [4.78, 5) is 32.2. The van der Waals surface area contributed by atoms with Gasteiger partial charge in [-0.15, -0.1) is 0 Å². The number of benzene rings is 1. The van der Waals surface area contributed by atoms with Crippen molar-refractivity contribution < 1.29 is 14.6 Å². The molecule has 1 atom stereocenters. The van der Waals surface area contributed by atoms with Crippen molar-refractivity contribution in [1.29, 1.82) is 5.41 Å². The number of H-pyrrole nitrogens is 1. The number of aliphatic hydroxyl groups is 1. The molecule has 0 fully saturated rings. The van der Waals surface area contributed by atoms with Gasteiger partial charge in [0.2, 0.25) is 5.91 Å². The fourth-order valence-corrected chi connectivity index (χ4v) is 4.16. The van der Waals surface area contributed by atoms with Crippen LogP contribution < -0.4 is 15.7 Å². The van der Waals surface area contributed by atoms with E-state index in [0.717, 1.165) is 0 Å². The average molecular weight is 421 g/mol. The third-order valence-corrected chi connectivity index (χ3v) is 5.46. The molecule has 0 spiro atoms. The number of nitrogens with zero attached hydrogens (tertiary/aromatic N) is 2. The van der Waals surface area contributed by atoms with Crippen molar-refractivity contribution in [2.45, 2.75) is 26.3 Å². The van der Waals surface area contributed by atoms with Gasteiger partial charge in [0.05, 0.1) is 23.5 Å². The van der Waals surface area contributed by atoms with Gasteiger partial charge in [-0.05, 0) is 38.1 Å². The number of allylic oxidation sites excluding steroid dienone is 2. The van der Waals surface area contributed by atoms with Crippen LogP contribution in [0.5, 0.6) is 5.75 Å². The number of ether oxygens (including phenoxy) is 1. The van der Waals surface area contributed by atoms with Gasteiger partial charge in [-0.25, -0.2) is 4.79 Å². The van der Waals surface area contributed by atoms with Crippen molar-refractivity contribution in [2.24, 2.45) is 0 Å². The van der Waals surface area contributed by atoms with Crippen molar-refractivity contribution in [3.05, 3.63) is 64.0 Å². The van der Waals surface area contributed by atoms with Gasteiger partial charge in [0.25, 0.3) is 0 Å². The largest absolute Gasteiger partial charge is 0.512 e. The van der Waals surface area contributed by atoms with E-state index in [1.807, 2.05) is 6.07 Å². The molecule has 0 saturated carbocycles. The molecule has 9 nitrogen and oxygen atoms in total. The maximum Gasteiger partial charge on any atom is 0.327 e. The minimum atomic E-state index is -1.08. The smallest absolute Gasteiger partial charge is 0.327 e. The van der Waals surface area contributed by atoms with E-state index in [1.165, 1.54) is 13.8 Å². The summed E-state index contributed by atoms with van der Waals surface area (Å²) >= 11 is 0. The fraction of sp³-hybridized carbons (Fsp3) is 0.273. The van der Waals surface area contributed by atoms with Gasteiger partial charge < -0.3 is 25.6 Å². The molecule has 0 radical (unpaired) electrons. The van der Waals surface area contributed by atoms with E-state index in [9.17, 15) is 14.7 Å². The van der Waals surface area contributed by atoms with E-state index in [-0.39, 0.29) is 36.2 Å². The summed E-state index contributed by atoms with van der Waals surface area (Å²) in [6, 6.07) is 8.80. The molecule has 4 N–H and O–H groups in total. The SMILES string of the molecule is CC(=N)/C(=C(/C)O)c1ccc2[nH]c(=O)n3c2c1OCC3(CNC(C)=O)c1ccccn1. The Labute approximate surface area is 177 Å². The second-order valence-electron chi connectivity index (χ2n) is 7.63. The number of carbonyl (C=O) groups excluding carboxylic acids is 1. The number of amides is 1. The van der Waals surface area contributed by atoms with Crippen molar-refractivity contribution in [1.82, 2.24) is 19.9 Å². The molecular formula is C22H23N5O4. The van der Waals surface area contributed by atoms with E-state index >= 15 is 0 Å². The predicted molar refractivity (Wildman–Crippen MR) is 117 cm³/mol. The minimum Gasteiger partial charge on any atom is -0.512 e. The summed E-state index contributed by atoms with van der Waals surface area (Å²) in [6.07, 6.45) is 1.63. The molecule has 1 aromatic carbocycles. The van der Waals surface area contributed by atoms with Crippen LogP contribution in [0.2, 0.25) is 0 Å². The first-order chi connectivity index (χ1) is 14.8. The van der Waals surface area contributed by atoms with Crippen LogP contribution in [-0.4, -0.2) is 44.4 Å². The molecule has 3 aromatic rings. The van der Waals surface area contributed by atoms with Gasteiger partial charge in [-0.3, -0.25) is 14.3 Å². The molecule has 160 valence electrons. The number of pyridine rings is 1. The zero-order chi connectivity index (χ0) is 22.3. The molecule has 1 aliphatic heterocycles. The Morgan fingerprint density at radius 3 is 2.71 bits per heavy atom. The number of rotatable bonds is 5. The molecule has 4 rings (SSSR count). The van der Waals surface area contributed by atoms with Crippen molar-refractivity contribution >= 4 is 28.2 Å². The standard InChI is InChI=1S/C22H23N5O4/c1-12(23)18(13(2)28)15-7-8-16-19-20(15)31-11-22(10-25-14(3)29,27(19)21(30)26-16)17-6-4-5-9-24-17/h4-9,23,28H,10-11H2,1-3H3,(H,25,29)(H,26,30)/b18-13+,23-12?. The van der Waals surface area contributed by atoms with E-state index in [0.29, 0.717) is 33.6 Å². The van der Waals surface area contributed by atoms with Crippen LogP contribution in [0.3, 0.4) is 0 Å². The van der Waals surface area contributed by atoms with Crippen LogP contribution >= 0.6 is 0 Å². The van der Waals surface area contributed by atoms with Crippen LogP contribution in [-0.2, 0) is 10.3 Å². The summed E-state index contributed by atoms with van der Waals surface area (Å²) in [5, 5.41) is 21.1. The van der Waals surface area contributed by atoms with Crippen LogP contribution in [0.1, 0.15) is 32.0 Å². The van der Waals surface area contributed by atoms with Gasteiger partial charge in [-0.2, -0.15) is 0 Å². The lowest BCUT2D eigenvalue weighted by atomic mass is 9.91. The fourth-order valence-electron chi connectivity index (χ4n) is 4.16. The molecule has 1 amide bonds. The number of imidazole rings is 1. The number of aliphatic hydroxyl groups excluding tert-OH is 1. The number of carbonyl (C=O) groups is 1. The summed E-state index contributed by atoms with van der Waals surface area (Å²) < 4.78 is 7.77. The molecular weight excluding hydrogens is 398 g/mol. The molecule has 0 saturated heterocycles. The maximum atomic E-state index is 13.1. The number of nitrogens with one attached hydrogen (secondary N) is 3. The molecule has 9 heteroatoms. The maximum absolute atomic E-state index is 13.1. The van der Waals surface area contributed by atoms with Gasteiger partial charge in [0.1, 0.15) is 17.7 Å². The predicted octanol–water partition coefficient (Wildman–Crippen LogP) is 2.33. The first-order valence-corrected chi connectivity index (χ1v) is 9.79. The van der Waals surface area contributed by atoms with E-state index in [1.54, 1.807) is 42.0 Å². The Kier molecular flexibility index (Phi) is 4.88. The second-order valence-corrected chi connectivity index (χ2v) is 7.63. The highest BCUT2D eigenvalue weighted by molar-refractivity contribution is 6.23. The summed E-state index contributed by atoms with van der Waals surface area (Å²) in [7, 11) is 0. The lowest BCUT2D eigenvalue weighted by molar-refractivity contribution is -0.119. The van der Waals surface area contributed by atoms with Crippen molar-refractivity contribution in [3.63, 3.8) is 0 Å². The third kappa shape index (κ3) is 3.18. The quantitative estimate of drug-likeness (QED) is 0.371. The molecule has 3 heterocycles. The van der Waals surface area contributed by atoms with Gasteiger partial charge in [0.15, 0.2) is 5.75 Å². The zero-order valence-electron chi connectivity index (χ0n) is 17.4. The van der Waals surface area contributed by atoms with Gasteiger partial charge >= 0.3 is 5.69 Å². The zero-order valence-corrected chi connectivity index (χ0v) is 17.4. The Morgan fingerprint density at radius 2 is 2.10 bits per heavy atom. The Bertz CT molecular complexity index is 1280. The highest BCUT2D eigenvalue weighted by Gasteiger charge is 2.44. The van der Waals surface area contributed by atoms with Gasteiger partial charge in [0, 0.05) is 30.0 Å². The molecule has 0 bridgehead atoms. The Morgan fingerprint density at radius 1 is 1.32 bits per heavy atom. The molecule has 31 heavy (non-hydrogen) atoms. The topological polar surface area (TPSA) is 133 Å². The highest BCUT2D eigenvalue weighted by Crippen LogP contribution is 2.41. The molecule has 2 aromatic heterocycles. The summed E-state index contributed by atoms with van der Waals surface area (Å²) in [6.45, 7) is 4.61. The van der Waals surface area contributed by atoms with E-state index in [4.69, 9.17) is 10.1 Å². The van der Waals surface area contributed by atoms with Crippen molar-refractivity contribution in [2.75, 3.05) is 13.2 Å². The normalized spacial score (nSPS) is 18.3. The van der Waals surface area contributed by atoms with Crippen LogP contribution in [0.4, 0.5) is 0 Å². The lowest BCUT2D eigenvalue weighted by Crippen LogP contribution is -2.55. The molecule has 0 aliphatic carbocycles. The first kappa shape index (κ1) is 20.4. The van der Waals surface area contributed by atoms with Crippen molar-refractivity contribution in [3.8, 4) is 5.75 Å². The number of hydrogen-bond acceptors (Lipinski definition) is 6. The van der Waals surface area contributed by atoms with E-state index < -0.39 is 5.54 Å². The molecule has 1 aliphatic rings. The van der Waals surface area contributed by atoms with Crippen LogP contribution in [0, 0.1) is 5.41 Å². The highest BCUT2D eigenvalue weighted by atomic mass is 16.5. The number of aromatic amines is 1. The average Bonchev–Trinajstić information content (AvgIpc) is 3.07. The minimum absolute atomic E-state index is 0.0176. The van der Waals surface area contributed by atoms with Gasteiger partial charge in [-0.1, -0.05) is 6.07 Å². The number of aromatic nitrogens is 3. The lowest BCUT2D eigenvalue weighted by Gasteiger charge is -2.38. The summed E-state index contributed by atoms with van der Waals surface area (Å²) in [5.74, 6) is 0.131. The van der Waals surface area contributed by atoms with Crippen LogP contribution in [0.15, 0.2) is 47.1 Å². The third-order valence-electron chi connectivity index (χ3n) is 5.46. The monoisotopic (exact) mass is 421 g/mol. The second kappa shape index (κ2) is 7.42. The molecule has 1 unspecified atom stereocenters. The Balaban J connectivity index is 2.06.